The quantitative estimate of drug-likeness (QED) is 0.650. The van der Waals surface area contributed by atoms with Gasteiger partial charge in [-0.1, -0.05) is 38.3 Å². The van der Waals surface area contributed by atoms with Gasteiger partial charge in [0.2, 0.25) is 0 Å². The number of halogens is 2. The van der Waals surface area contributed by atoms with Crippen LogP contribution in [0.1, 0.15) is 45.1 Å². The fourth-order valence-corrected chi connectivity index (χ4v) is 3.40. The Kier molecular flexibility index (Phi) is 5.41. The van der Waals surface area contributed by atoms with Crippen LogP contribution in [0.15, 0.2) is 18.2 Å². The Hall–Kier alpha value is -0.400. The first-order valence-corrected chi connectivity index (χ1v) is 8.14. The molecule has 0 bridgehead atoms. The molecule has 1 nitrogen and oxygen atoms in total. The summed E-state index contributed by atoms with van der Waals surface area (Å²) in [7, 11) is 0. The summed E-state index contributed by atoms with van der Waals surface area (Å²) in [6, 6.07) is 6.80. The second-order valence-electron chi connectivity index (χ2n) is 5.89. The van der Waals surface area contributed by atoms with Gasteiger partial charge in [-0.3, -0.25) is 0 Å². The van der Waals surface area contributed by atoms with Gasteiger partial charge in [-0.25, -0.2) is 0 Å². The lowest BCUT2D eigenvalue weighted by molar-refractivity contribution is 0.535. The van der Waals surface area contributed by atoms with E-state index in [1.54, 1.807) is 0 Å². The predicted octanol–water partition coefficient (Wildman–Crippen LogP) is 5.48. The summed E-state index contributed by atoms with van der Waals surface area (Å²) in [5.41, 5.74) is 2.43. The highest BCUT2D eigenvalue weighted by Crippen LogP contribution is 2.33. The van der Waals surface area contributed by atoms with Gasteiger partial charge in [-0.05, 0) is 42.5 Å². The van der Waals surface area contributed by atoms with Gasteiger partial charge in [0.25, 0.3) is 0 Å². The lowest BCUT2D eigenvalue weighted by atomic mass is 10.1. The van der Waals surface area contributed by atoms with E-state index in [0.717, 1.165) is 17.1 Å². The Bertz CT molecular complexity index is 411. The van der Waals surface area contributed by atoms with E-state index in [1.807, 2.05) is 12.1 Å². The summed E-state index contributed by atoms with van der Waals surface area (Å²) in [5, 5.41) is 0.773. The van der Waals surface area contributed by atoms with Crippen LogP contribution in [-0.4, -0.2) is 12.6 Å². The van der Waals surface area contributed by atoms with Crippen molar-refractivity contribution in [1.82, 2.24) is 0 Å². The number of hydrogen-bond donors (Lipinski definition) is 0. The lowest BCUT2D eigenvalue weighted by Crippen LogP contribution is -2.36. The van der Waals surface area contributed by atoms with Gasteiger partial charge in [0, 0.05) is 29.2 Å². The Morgan fingerprint density at radius 2 is 1.95 bits per heavy atom. The van der Waals surface area contributed by atoms with Crippen molar-refractivity contribution in [1.29, 1.82) is 0 Å². The standard InChI is InChI=1S/C16H23Cl2N/c1-12(2)11-19(15-5-3-4-6-15)16-8-7-14(18)9-13(16)10-17/h7-9,12,15H,3-6,10-11H2,1-2H3. The normalized spacial score (nSPS) is 16.3. The van der Waals surface area contributed by atoms with E-state index in [1.165, 1.54) is 31.4 Å². The molecule has 0 aliphatic heterocycles. The van der Waals surface area contributed by atoms with Crippen LogP contribution in [-0.2, 0) is 5.88 Å². The van der Waals surface area contributed by atoms with Gasteiger partial charge in [-0.15, -0.1) is 11.6 Å². The average molecular weight is 300 g/mol. The van der Waals surface area contributed by atoms with Gasteiger partial charge in [0.1, 0.15) is 0 Å². The van der Waals surface area contributed by atoms with Crippen LogP contribution < -0.4 is 4.90 Å². The molecule has 1 aliphatic carbocycles. The maximum absolute atomic E-state index is 6.11. The molecule has 1 fully saturated rings. The molecule has 1 aromatic rings. The molecule has 0 N–H and O–H groups in total. The Labute approximate surface area is 126 Å². The average Bonchev–Trinajstić information content (AvgIpc) is 2.89. The van der Waals surface area contributed by atoms with Gasteiger partial charge in [-0.2, -0.15) is 0 Å². The first kappa shape index (κ1) is 15.0. The van der Waals surface area contributed by atoms with Crippen molar-refractivity contribution >= 4 is 28.9 Å². The molecule has 1 saturated carbocycles. The van der Waals surface area contributed by atoms with Crippen LogP contribution >= 0.6 is 23.2 Å². The summed E-state index contributed by atoms with van der Waals surface area (Å²) < 4.78 is 0. The van der Waals surface area contributed by atoms with Gasteiger partial charge in [0.05, 0.1) is 0 Å². The van der Waals surface area contributed by atoms with E-state index in [0.29, 0.717) is 17.8 Å². The second-order valence-corrected chi connectivity index (χ2v) is 6.59. The molecule has 1 aromatic carbocycles. The number of alkyl halides is 1. The summed E-state index contributed by atoms with van der Waals surface area (Å²) in [6.45, 7) is 5.65. The highest BCUT2D eigenvalue weighted by Gasteiger charge is 2.24. The third-order valence-electron chi connectivity index (χ3n) is 3.82. The van der Waals surface area contributed by atoms with E-state index < -0.39 is 0 Å². The van der Waals surface area contributed by atoms with Crippen molar-refractivity contribution in [3.63, 3.8) is 0 Å². The lowest BCUT2D eigenvalue weighted by Gasteiger charge is -2.34. The number of anilines is 1. The molecule has 0 aromatic heterocycles. The van der Waals surface area contributed by atoms with Gasteiger partial charge in [0.15, 0.2) is 0 Å². The Balaban J connectivity index is 2.30. The molecule has 0 unspecified atom stereocenters. The largest absolute Gasteiger partial charge is 0.368 e. The molecule has 0 saturated heterocycles. The van der Waals surface area contributed by atoms with Crippen molar-refractivity contribution in [3.8, 4) is 0 Å². The minimum atomic E-state index is 0.525. The Morgan fingerprint density at radius 3 is 2.53 bits per heavy atom. The third kappa shape index (κ3) is 3.79. The monoisotopic (exact) mass is 299 g/mol. The highest BCUT2D eigenvalue weighted by atomic mass is 35.5. The fraction of sp³-hybridized carbons (Fsp3) is 0.625. The van der Waals surface area contributed by atoms with Gasteiger partial charge >= 0.3 is 0 Å². The molecule has 2 rings (SSSR count). The predicted molar refractivity (Wildman–Crippen MR) is 85.4 cm³/mol. The summed E-state index contributed by atoms with van der Waals surface area (Å²) in [6.07, 6.45) is 5.31. The maximum Gasteiger partial charge on any atom is 0.0495 e. The molecule has 0 spiro atoms. The van der Waals surface area contributed by atoms with Crippen molar-refractivity contribution in [2.24, 2.45) is 5.92 Å². The minimum absolute atomic E-state index is 0.525. The zero-order valence-corrected chi connectivity index (χ0v) is 13.3. The van der Waals surface area contributed by atoms with Crippen molar-refractivity contribution < 1.29 is 0 Å². The molecule has 106 valence electrons. The number of nitrogens with zero attached hydrogens (tertiary/aromatic N) is 1. The second kappa shape index (κ2) is 6.85. The fourth-order valence-electron chi connectivity index (χ4n) is 2.99. The van der Waals surface area contributed by atoms with E-state index in [-0.39, 0.29) is 0 Å². The number of hydrogen-bond acceptors (Lipinski definition) is 1. The van der Waals surface area contributed by atoms with E-state index in [4.69, 9.17) is 23.2 Å². The van der Waals surface area contributed by atoms with Crippen LogP contribution in [0.5, 0.6) is 0 Å². The number of benzene rings is 1. The molecule has 1 aliphatic rings. The van der Waals surface area contributed by atoms with Crippen LogP contribution in [0.4, 0.5) is 5.69 Å². The van der Waals surface area contributed by atoms with E-state index in [2.05, 4.69) is 24.8 Å². The van der Waals surface area contributed by atoms with Crippen LogP contribution in [0.2, 0.25) is 5.02 Å². The van der Waals surface area contributed by atoms with Gasteiger partial charge < -0.3 is 4.90 Å². The topological polar surface area (TPSA) is 3.24 Å². The van der Waals surface area contributed by atoms with Crippen LogP contribution in [0, 0.1) is 5.92 Å². The third-order valence-corrected chi connectivity index (χ3v) is 4.35. The molecule has 0 atom stereocenters. The molecule has 19 heavy (non-hydrogen) atoms. The maximum atomic E-state index is 6.11. The van der Waals surface area contributed by atoms with E-state index >= 15 is 0 Å². The zero-order valence-electron chi connectivity index (χ0n) is 11.8. The van der Waals surface area contributed by atoms with Crippen LogP contribution in [0.3, 0.4) is 0 Å². The summed E-state index contributed by atoms with van der Waals surface area (Å²) in [4.78, 5) is 2.56. The highest BCUT2D eigenvalue weighted by molar-refractivity contribution is 6.30. The molecule has 0 heterocycles. The molecule has 0 radical (unpaired) electrons. The molecule has 0 amide bonds. The van der Waals surface area contributed by atoms with Crippen LogP contribution in [0.25, 0.3) is 0 Å². The Morgan fingerprint density at radius 1 is 1.26 bits per heavy atom. The molecular formula is C16H23Cl2N. The molecular weight excluding hydrogens is 277 g/mol. The first-order chi connectivity index (χ1) is 9.11. The molecule has 3 heteroatoms. The van der Waals surface area contributed by atoms with Crippen molar-refractivity contribution in [2.45, 2.75) is 51.5 Å². The number of rotatable bonds is 5. The smallest absolute Gasteiger partial charge is 0.0495 e. The SMILES string of the molecule is CC(C)CN(c1ccc(Cl)cc1CCl)C1CCCC1. The summed E-state index contributed by atoms with van der Waals surface area (Å²) in [5.74, 6) is 1.18. The zero-order chi connectivity index (χ0) is 13.8. The van der Waals surface area contributed by atoms with Crippen molar-refractivity contribution in [2.75, 3.05) is 11.4 Å². The first-order valence-electron chi connectivity index (χ1n) is 7.23. The summed E-state index contributed by atoms with van der Waals surface area (Å²) >= 11 is 12.2. The minimum Gasteiger partial charge on any atom is -0.368 e. The van der Waals surface area contributed by atoms with Crippen molar-refractivity contribution in [3.05, 3.63) is 28.8 Å². The van der Waals surface area contributed by atoms with E-state index in [9.17, 15) is 0 Å².